The summed E-state index contributed by atoms with van der Waals surface area (Å²) in [4.78, 5) is 1.28. The zero-order valence-corrected chi connectivity index (χ0v) is 12.3. The molecule has 0 radical (unpaired) electrons. The molecule has 1 aliphatic rings. The predicted octanol–water partition coefficient (Wildman–Crippen LogP) is 4.01. The molecule has 2 unspecified atom stereocenters. The summed E-state index contributed by atoms with van der Waals surface area (Å²) < 4.78 is 5.64. The summed E-state index contributed by atoms with van der Waals surface area (Å²) in [5, 5.41) is 10.8. The number of fused-ring (bicyclic) bond motifs is 1. The van der Waals surface area contributed by atoms with E-state index in [0.29, 0.717) is 6.61 Å². The first-order chi connectivity index (χ1) is 9.81. The molecule has 0 aromatic heterocycles. The molecule has 1 aliphatic heterocycles. The van der Waals surface area contributed by atoms with Crippen molar-refractivity contribution in [2.24, 2.45) is 0 Å². The van der Waals surface area contributed by atoms with Crippen LogP contribution in [0.3, 0.4) is 0 Å². The van der Waals surface area contributed by atoms with Gasteiger partial charge in [-0.1, -0.05) is 36.4 Å². The van der Waals surface area contributed by atoms with E-state index in [1.54, 1.807) is 0 Å². The van der Waals surface area contributed by atoms with Gasteiger partial charge in [0.2, 0.25) is 0 Å². The molecule has 20 heavy (non-hydrogen) atoms. The average molecular weight is 286 g/mol. The maximum Gasteiger partial charge on any atom is 0.125 e. The van der Waals surface area contributed by atoms with Gasteiger partial charge in [0, 0.05) is 22.1 Å². The van der Waals surface area contributed by atoms with Gasteiger partial charge < -0.3 is 9.84 Å². The monoisotopic (exact) mass is 286 g/mol. The van der Waals surface area contributed by atoms with Crippen LogP contribution in [0.4, 0.5) is 0 Å². The van der Waals surface area contributed by atoms with Crippen LogP contribution in [0.25, 0.3) is 0 Å². The van der Waals surface area contributed by atoms with E-state index in [-0.39, 0.29) is 5.92 Å². The molecule has 0 saturated heterocycles. The lowest BCUT2D eigenvalue weighted by Crippen LogP contribution is -2.12. The normalized spacial score (nSPS) is 18.6. The van der Waals surface area contributed by atoms with E-state index in [2.05, 4.69) is 18.2 Å². The second-order valence-electron chi connectivity index (χ2n) is 4.87. The fraction of sp³-hybridized carbons (Fsp3) is 0.294. The zero-order valence-electron chi connectivity index (χ0n) is 11.5. The number of aliphatic hydroxyl groups excluding tert-OH is 1. The van der Waals surface area contributed by atoms with Crippen LogP contribution in [0.1, 0.15) is 30.1 Å². The number of aliphatic hydroxyl groups is 1. The Morgan fingerprint density at radius 2 is 1.95 bits per heavy atom. The number of ether oxygens (including phenoxy) is 1. The summed E-state index contributed by atoms with van der Waals surface area (Å²) in [6, 6.07) is 16.1. The maximum absolute atomic E-state index is 10.8. The number of thioether (sulfide) groups is 1. The summed E-state index contributed by atoms with van der Waals surface area (Å²) in [5.41, 5.74) is 2.13. The Kier molecular flexibility index (Phi) is 3.99. The van der Waals surface area contributed by atoms with Crippen molar-refractivity contribution >= 4 is 11.8 Å². The third kappa shape index (κ3) is 2.43. The van der Waals surface area contributed by atoms with E-state index in [9.17, 15) is 5.11 Å². The number of benzene rings is 2. The van der Waals surface area contributed by atoms with Crippen molar-refractivity contribution in [3.05, 3.63) is 59.7 Å². The van der Waals surface area contributed by atoms with Crippen molar-refractivity contribution < 1.29 is 9.84 Å². The highest BCUT2D eigenvalue weighted by molar-refractivity contribution is 7.99. The van der Waals surface area contributed by atoms with E-state index in [4.69, 9.17) is 4.74 Å². The molecule has 2 aromatic carbocycles. The Labute approximate surface area is 123 Å². The van der Waals surface area contributed by atoms with Crippen LogP contribution in [0.15, 0.2) is 53.4 Å². The predicted molar refractivity (Wildman–Crippen MR) is 82.5 cm³/mol. The lowest BCUT2D eigenvalue weighted by Gasteiger charge is -2.21. The molecular weight excluding hydrogens is 268 g/mol. The molecule has 0 aliphatic carbocycles. The summed E-state index contributed by atoms with van der Waals surface area (Å²) in [6.45, 7) is 2.57. The van der Waals surface area contributed by atoms with E-state index in [1.165, 1.54) is 10.5 Å². The smallest absolute Gasteiger partial charge is 0.125 e. The molecule has 0 spiro atoms. The lowest BCUT2D eigenvalue weighted by atomic mass is 9.90. The molecule has 1 heterocycles. The molecule has 2 nitrogen and oxygen atoms in total. The molecule has 3 rings (SSSR count). The van der Waals surface area contributed by atoms with Gasteiger partial charge >= 0.3 is 0 Å². The van der Waals surface area contributed by atoms with Crippen LogP contribution >= 0.6 is 11.8 Å². The maximum atomic E-state index is 10.8. The minimum Gasteiger partial charge on any atom is -0.493 e. The van der Waals surface area contributed by atoms with Gasteiger partial charge in [-0.15, -0.1) is 11.8 Å². The molecule has 2 aromatic rings. The SMILES string of the molecule is CCOc1ccccc1C(O)C1CSc2ccccc21. The first-order valence-electron chi connectivity index (χ1n) is 6.92. The third-order valence-electron chi connectivity index (χ3n) is 3.66. The summed E-state index contributed by atoms with van der Waals surface area (Å²) in [5.74, 6) is 1.84. The Balaban J connectivity index is 1.92. The third-order valence-corrected chi connectivity index (χ3v) is 4.86. The molecule has 0 fully saturated rings. The molecule has 2 atom stereocenters. The summed E-state index contributed by atoms with van der Waals surface area (Å²) in [6.07, 6.45) is -0.520. The van der Waals surface area contributed by atoms with Gasteiger partial charge in [0.05, 0.1) is 12.7 Å². The Bertz CT molecular complexity index is 597. The first kappa shape index (κ1) is 13.5. The van der Waals surface area contributed by atoms with Crippen molar-refractivity contribution in [3.63, 3.8) is 0 Å². The number of hydrogen-bond donors (Lipinski definition) is 1. The van der Waals surface area contributed by atoms with Crippen LogP contribution in [-0.2, 0) is 0 Å². The Morgan fingerprint density at radius 1 is 1.20 bits per heavy atom. The van der Waals surface area contributed by atoms with Crippen molar-refractivity contribution in [3.8, 4) is 5.75 Å². The number of para-hydroxylation sites is 1. The number of rotatable bonds is 4. The van der Waals surface area contributed by atoms with Gasteiger partial charge in [0.15, 0.2) is 0 Å². The number of hydrogen-bond acceptors (Lipinski definition) is 3. The van der Waals surface area contributed by atoms with Gasteiger partial charge in [0.25, 0.3) is 0 Å². The topological polar surface area (TPSA) is 29.5 Å². The van der Waals surface area contributed by atoms with E-state index in [1.807, 2.05) is 49.0 Å². The minimum absolute atomic E-state index is 0.137. The van der Waals surface area contributed by atoms with Crippen LogP contribution in [0, 0.1) is 0 Å². The fourth-order valence-corrected chi connectivity index (χ4v) is 3.96. The molecular formula is C17H18O2S. The van der Waals surface area contributed by atoms with Crippen LogP contribution in [0.5, 0.6) is 5.75 Å². The Hall–Kier alpha value is -1.45. The van der Waals surface area contributed by atoms with Crippen molar-refractivity contribution in [2.45, 2.75) is 23.8 Å². The average Bonchev–Trinajstić information content (AvgIpc) is 2.91. The van der Waals surface area contributed by atoms with E-state index in [0.717, 1.165) is 17.1 Å². The van der Waals surface area contributed by atoms with Crippen molar-refractivity contribution in [1.82, 2.24) is 0 Å². The zero-order chi connectivity index (χ0) is 13.9. The molecule has 1 N–H and O–H groups in total. The second kappa shape index (κ2) is 5.90. The minimum atomic E-state index is -0.520. The lowest BCUT2D eigenvalue weighted by molar-refractivity contribution is 0.148. The van der Waals surface area contributed by atoms with E-state index < -0.39 is 6.10 Å². The first-order valence-corrected chi connectivity index (χ1v) is 7.91. The highest BCUT2D eigenvalue weighted by Crippen LogP contribution is 2.46. The molecule has 104 valence electrons. The van der Waals surface area contributed by atoms with Crippen LogP contribution in [0.2, 0.25) is 0 Å². The molecule has 0 bridgehead atoms. The van der Waals surface area contributed by atoms with Crippen LogP contribution in [-0.4, -0.2) is 17.5 Å². The van der Waals surface area contributed by atoms with Crippen molar-refractivity contribution in [1.29, 1.82) is 0 Å². The van der Waals surface area contributed by atoms with Crippen LogP contribution < -0.4 is 4.74 Å². The van der Waals surface area contributed by atoms with Crippen molar-refractivity contribution in [2.75, 3.05) is 12.4 Å². The van der Waals surface area contributed by atoms with Gasteiger partial charge in [0.1, 0.15) is 5.75 Å². The highest BCUT2D eigenvalue weighted by atomic mass is 32.2. The summed E-state index contributed by atoms with van der Waals surface area (Å²) >= 11 is 1.82. The quantitative estimate of drug-likeness (QED) is 0.921. The highest BCUT2D eigenvalue weighted by Gasteiger charge is 2.31. The van der Waals surface area contributed by atoms with E-state index >= 15 is 0 Å². The Morgan fingerprint density at radius 3 is 2.80 bits per heavy atom. The fourth-order valence-electron chi connectivity index (χ4n) is 2.68. The standard InChI is InChI=1S/C17H18O2S/c1-2-19-15-9-5-3-8-13(15)17(18)14-11-20-16-10-6-4-7-12(14)16/h3-10,14,17-18H,2,11H2,1H3. The molecule has 0 amide bonds. The van der Waals surface area contributed by atoms with Gasteiger partial charge in [-0.3, -0.25) is 0 Å². The van der Waals surface area contributed by atoms with Gasteiger partial charge in [-0.05, 0) is 24.6 Å². The van der Waals surface area contributed by atoms with Gasteiger partial charge in [-0.25, -0.2) is 0 Å². The summed E-state index contributed by atoms with van der Waals surface area (Å²) in [7, 11) is 0. The largest absolute Gasteiger partial charge is 0.493 e. The second-order valence-corrected chi connectivity index (χ2v) is 5.93. The van der Waals surface area contributed by atoms with Gasteiger partial charge in [-0.2, -0.15) is 0 Å². The molecule has 3 heteroatoms. The molecule has 0 saturated carbocycles.